The number of nitrogens with one attached hydrogen (secondary N) is 2. The molecule has 1 amide bonds. The summed E-state index contributed by atoms with van der Waals surface area (Å²) in [6.45, 7) is 7.04. The van der Waals surface area contributed by atoms with Crippen LogP contribution in [-0.2, 0) is 0 Å². The summed E-state index contributed by atoms with van der Waals surface area (Å²) in [5.41, 5.74) is 5.70. The number of rotatable bonds is 7. The van der Waals surface area contributed by atoms with Gasteiger partial charge in [-0.1, -0.05) is 24.3 Å². The van der Waals surface area contributed by atoms with Crippen LogP contribution in [0.4, 0.5) is 10.9 Å². The third-order valence-electron chi connectivity index (χ3n) is 2.02. The number of amides is 1. The van der Waals surface area contributed by atoms with E-state index < -0.39 is 0 Å². The van der Waals surface area contributed by atoms with E-state index in [9.17, 15) is 4.79 Å². The van der Waals surface area contributed by atoms with Crippen LogP contribution in [-0.4, -0.2) is 24.0 Å². The molecule has 0 unspecified atom stereocenters. The lowest BCUT2D eigenvalue weighted by atomic mass is 10.4. The van der Waals surface area contributed by atoms with Gasteiger partial charge >= 0.3 is 0 Å². The number of hydrogen-bond donors (Lipinski definition) is 3. The van der Waals surface area contributed by atoms with Crippen LogP contribution < -0.4 is 16.4 Å². The summed E-state index contributed by atoms with van der Waals surface area (Å²) >= 11 is 1.28. The first-order valence-corrected chi connectivity index (χ1v) is 6.40. The highest BCUT2D eigenvalue weighted by Crippen LogP contribution is 2.24. The van der Waals surface area contributed by atoms with E-state index >= 15 is 0 Å². The summed E-state index contributed by atoms with van der Waals surface area (Å²) in [4.78, 5) is 16.3. The number of thiazole rings is 1. The zero-order chi connectivity index (χ0) is 12.7. The molecule has 0 aliphatic rings. The smallest absolute Gasteiger partial charge is 0.265 e. The number of nitrogens with two attached hydrogens (primary N) is 1. The molecule has 1 aromatic rings. The molecule has 0 aliphatic heterocycles. The van der Waals surface area contributed by atoms with Crippen molar-refractivity contribution in [3.05, 3.63) is 17.5 Å². The van der Waals surface area contributed by atoms with Crippen LogP contribution >= 0.6 is 11.3 Å². The molecule has 0 aliphatic carbocycles. The molecule has 1 aromatic heterocycles. The second-order valence-electron chi connectivity index (χ2n) is 3.49. The van der Waals surface area contributed by atoms with Gasteiger partial charge in [0.05, 0.1) is 0 Å². The second kappa shape index (κ2) is 6.90. The summed E-state index contributed by atoms with van der Waals surface area (Å²) in [6.07, 6.45) is 3.50. The van der Waals surface area contributed by atoms with Crippen LogP contribution in [0.1, 0.15) is 29.4 Å². The number of carbonyl (C=O) groups excluding carboxylic acids is 1. The Hall–Kier alpha value is -1.56. The molecule has 0 bridgehead atoms. The quantitative estimate of drug-likeness (QED) is 0.512. The highest BCUT2D eigenvalue weighted by Gasteiger charge is 2.15. The van der Waals surface area contributed by atoms with Crippen LogP contribution in [0, 0.1) is 0 Å². The predicted octanol–water partition coefficient (Wildman–Crippen LogP) is 1.85. The van der Waals surface area contributed by atoms with Crippen molar-refractivity contribution in [3.8, 4) is 0 Å². The Morgan fingerprint density at radius 1 is 1.59 bits per heavy atom. The van der Waals surface area contributed by atoms with Crippen molar-refractivity contribution >= 4 is 28.2 Å². The van der Waals surface area contributed by atoms with E-state index in [1.165, 1.54) is 11.3 Å². The Balaban J connectivity index is 2.60. The van der Waals surface area contributed by atoms with Crippen molar-refractivity contribution in [3.63, 3.8) is 0 Å². The fraction of sp³-hybridized carbons (Fsp3) is 0.455. The van der Waals surface area contributed by atoms with Gasteiger partial charge < -0.3 is 16.4 Å². The molecule has 5 nitrogen and oxygen atoms in total. The standard InChI is InChI=1S/C11H18N4OS/c1-3-5-7-13-10(16)8-9(12)15-11(17-8)14-6-4-2/h3H,1,4-7,12H2,2H3,(H,13,16)(H,14,15). The normalized spacial score (nSPS) is 9.94. The number of anilines is 2. The molecule has 94 valence electrons. The molecule has 17 heavy (non-hydrogen) atoms. The van der Waals surface area contributed by atoms with Crippen molar-refractivity contribution in [2.75, 3.05) is 24.1 Å². The fourth-order valence-electron chi connectivity index (χ4n) is 1.17. The lowest BCUT2D eigenvalue weighted by Crippen LogP contribution is -2.23. The third-order valence-corrected chi connectivity index (χ3v) is 3.05. The van der Waals surface area contributed by atoms with Gasteiger partial charge in [-0.15, -0.1) is 6.58 Å². The monoisotopic (exact) mass is 254 g/mol. The molecule has 6 heteroatoms. The molecule has 0 saturated carbocycles. The molecule has 0 atom stereocenters. The van der Waals surface area contributed by atoms with Crippen molar-refractivity contribution < 1.29 is 4.79 Å². The average Bonchev–Trinajstić information content (AvgIpc) is 2.68. The number of hydrogen-bond acceptors (Lipinski definition) is 5. The minimum atomic E-state index is -0.175. The third kappa shape index (κ3) is 4.07. The Labute approximate surface area is 105 Å². The molecule has 0 saturated heterocycles. The lowest BCUT2D eigenvalue weighted by Gasteiger charge is -2.00. The topological polar surface area (TPSA) is 80.0 Å². The van der Waals surface area contributed by atoms with Crippen LogP contribution in [0.15, 0.2) is 12.7 Å². The minimum absolute atomic E-state index is 0.175. The second-order valence-corrected chi connectivity index (χ2v) is 4.49. The van der Waals surface area contributed by atoms with E-state index in [-0.39, 0.29) is 11.7 Å². The molecule has 0 spiro atoms. The Kier molecular flexibility index (Phi) is 5.48. The highest BCUT2D eigenvalue weighted by molar-refractivity contribution is 7.18. The Morgan fingerprint density at radius 2 is 2.35 bits per heavy atom. The van der Waals surface area contributed by atoms with Crippen molar-refractivity contribution in [2.45, 2.75) is 19.8 Å². The number of nitrogen functional groups attached to an aromatic ring is 1. The molecular formula is C11H18N4OS. The van der Waals surface area contributed by atoms with Gasteiger partial charge in [0.1, 0.15) is 10.7 Å². The summed E-state index contributed by atoms with van der Waals surface area (Å²) in [7, 11) is 0. The summed E-state index contributed by atoms with van der Waals surface area (Å²) < 4.78 is 0. The van der Waals surface area contributed by atoms with Gasteiger partial charge in [-0.2, -0.15) is 0 Å². The largest absolute Gasteiger partial charge is 0.382 e. The minimum Gasteiger partial charge on any atom is -0.382 e. The van der Waals surface area contributed by atoms with Gasteiger partial charge in [-0.3, -0.25) is 4.79 Å². The molecule has 0 aromatic carbocycles. The lowest BCUT2D eigenvalue weighted by molar-refractivity contribution is 0.0959. The zero-order valence-electron chi connectivity index (χ0n) is 9.95. The van der Waals surface area contributed by atoms with E-state index in [0.29, 0.717) is 16.6 Å². The maximum absolute atomic E-state index is 11.7. The van der Waals surface area contributed by atoms with Crippen molar-refractivity contribution in [1.29, 1.82) is 0 Å². The number of nitrogens with zero attached hydrogens (tertiary/aromatic N) is 1. The Bertz CT molecular complexity index is 389. The summed E-state index contributed by atoms with van der Waals surface area (Å²) in [5, 5.41) is 6.56. The van der Waals surface area contributed by atoms with Crippen LogP contribution in [0.3, 0.4) is 0 Å². The highest BCUT2D eigenvalue weighted by atomic mass is 32.1. The summed E-state index contributed by atoms with van der Waals surface area (Å²) in [5.74, 6) is 0.108. The predicted molar refractivity (Wildman–Crippen MR) is 72.5 cm³/mol. The number of carbonyl (C=O) groups is 1. The maximum Gasteiger partial charge on any atom is 0.265 e. The molecule has 1 rings (SSSR count). The van der Waals surface area contributed by atoms with E-state index in [4.69, 9.17) is 5.73 Å². The van der Waals surface area contributed by atoms with Crippen molar-refractivity contribution in [1.82, 2.24) is 10.3 Å². The average molecular weight is 254 g/mol. The van der Waals surface area contributed by atoms with Gasteiger partial charge in [0.25, 0.3) is 5.91 Å². The number of aromatic nitrogens is 1. The molecule has 0 radical (unpaired) electrons. The van der Waals surface area contributed by atoms with E-state index in [1.807, 2.05) is 0 Å². The van der Waals surface area contributed by atoms with Crippen molar-refractivity contribution in [2.24, 2.45) is 0 Å². The molecule has 1 heterocycles. The van der Waals surface area contributed by atoms with Crippen LogP contribution in [0.25, 0.3) is 0 Å². The maximum atomic E-state index is 11.7. The van der Waals surface area contributed by atoms with E-state index in [0.717, 1.165) is 19.4 Å². The van der Waals surface area contributed by atoms with Crippen LogP contribution in [0.5, 0.6) is 0 Å². The first kappa shape index (κ1) is 13.5. The first-order chi connectivity index (χ1) is 8.19. The van der Waals surface area contributed by atoms with Gasteiger partial charge in [0, 0.05) is 13.1 Å². The van der Waals surface area contributed by atoms with Crippen LogP contribution in [0.2, 0.25) is 0 Å². The van der Waals surface area contributed by atoms with Gasteiger partial charge in [-0.05, 0) is 12.8 Å². The molecule has 4 N–H and O–H groups in total. The van der Waals surface area contributed by atoms with Gasteiger partial charge in [0.2, 0.25) is 0 Å². The zero-order valence-corrected chi connectivity index (χ0v) is 10.8. The molecular weight excluding hydrogens is 236 g/mol. The van der Waals surface area contributed by atoms with Gasteiger partial charge in [0.15, 0.2) is 5.13 Å². The van der Waals surface area contributed by atoms with E-state index in [2.05, 4.69) is 29.1 Å². The summed E-state index contributed by atoms with van der Waals surface area (Å²) in [6, 6.07) is 0. The Morgan fingerprint density at radius 3 is 3.00 bits per heavy atom. The van der Waals surface area contributed by atoms with Gasteiger partial charge in [-0.25, -0.2) is 4.98 Å². The van der Waals surface area contributed by atoms with E-state index in [1.54, 1.807) is 6.08 Å². The fourth-order valence-corrected chi connectivity index (χ4v) is 2.00. The molecule has 0 fully saturated rings. The first-order valence-electron chi connectivity index (χ1n) is 5.58. The SMILES string of the molecule is C=CCCNC(=O)c1sc(NCCC)nc1N.